The number of rotatable bonds is 8. The molecule has 7 heteroatoms. The Bertz CT molecular complexity index is 513. The van der Waals surface area contributed by atoms with Crippen LogP contribution in [0.5, 0.6) is 0 Å². The van der Waals surface area contributed by atoms with Crippen LogP contribution >= 0.6 is 0 Å². The van der Waals surface area contributed by atoms with Gasteiger partial charge in [0, 0.05) is 20.2 Å². The van der Waals surface area contributed by atoms with E-state index in [1.807, 2.05) is 42.3 Å². The predicted octanol–water partition coefficient (Wildman–Crippen LogP) is -0.630. The number of ether oxygens (including phenoxy) is 2. The molecule has 0 bridgehead atoms. The molecule has 2 rings (SSSR count). The van der Waals surface area contributed by atoms with Crippen molar-refractivity contribution in [2.24, 2.45) is 0 Å². The van der Waals surface area contributed by atoms with Crippen LogP contribution in [0.4, 0.5) is 0 Å². The highest BCUT2D eigenvalue weighted by Crippen LogP contribution is 2.26. The minimum absolute atomic E-state index is 0.0246. The average molecular weight is 338 g/mol. The number of amides is 1. The number of hydrogen-bond acceptors (Lipinski definition) is 6. The van der Waals surface area contributed by atoms with E-state index in [9.17, 15) is 15.0 Å². The zero-order chi connectivity index (χ0) is 17.5. The highest BCUT2D eigenvalue weighted by molar-refractivity contribution is 5.77. The number of aliphatic hydroxyl groups excluding tert-OH is 2. The Hall–Kier alpha value is -1.51. The van der Waals surface area contributed by atoms with Gasteiger partial charge < -0.3 is 25.0 Å². The summed E-state index contributed by atoms with van der Waals surface area (Å²) in [5, 5.41) is 22.6. The Kier molecular flexibility index (Phi) is 7.14. The lowest BCUT2D eigenvalue weighted by Crippen LogP contribution is -2.49. The van der Waals surface area contributed by atoms with E-state index in [2.05, 4.69) is 5.32 Å². The van der Waals surface area contributed by atoms with Gasteiger partial charge in [0.25, 0.3) is 0 Å². The molecule has 1 amide bonds. The summed E-state index contributed by atoms with van der Waals surface area (Å²) in [5.74, 6) is -0.243. The molecule has 1 fully saturated rings. The maximum atomic E-state index is 11.6. The zero-order valence-electron chi connectivity index (χ0n) is 14.1. The van der Waals surface area contributed by atoms with Gasteiger partial charge in [-0.2, -0.15) is 0 Å². The number of methoxy groups -OCH3 is 1. The summed E-state index contributed by atoms with van der Waals surface area (Å²) in [4.78, 5) is 13.6. The summed E-state index contributed by atoms with van der Waals surface area (Å²) in [6, 6.07) is 9.57. The Labute approximate surface area is 142 Å². The first-order valence-corrected chi connectivity index (χ1v) is 8.01. The molecule has 0 spiro atoms. The molecule has 0 aliphatic carbocycles. The standard InChI is InChI=1S/C17H26N2O5/c1-19(9-12-6-4-3-5-7-12)16-13(8-18-15(21)11-23-2)24-14(10-20)17(16)22/h3-7,13-14,16-17,20,22H,8-11H2,1-2H3,(H,18,21)/t13-,14+,16-,17-/m1/s1. The van der Waals surface area contributed by atoms with Crippen molar-refractivity contribution in [3.8, 4) is 0 Å². The molecule has 0 radical (unpaired) electrons. The fourth-order valence-corrected chi connectivity index (χ4v) is 3.06. The smallest absolute Gasteiger partial charge is 0.246 e. The van der Waals surface area contributed by atoms with Gasteiger partial charge in [-0.3, -0.25) is 9.69 Å². The van der Waals surface area contributed by atoms with Crippen LogP contribution < -0.4 is 5.32 Å². The summed E-state index contributed by atoms with van der Waals surface area (Å²) in [6.07, 6.45) is -1.89. The van der Waals surface area contributed by atoms with Crippen LogP contribution in [0.25, 0.3) is 0 Å². The van der Waals surface area contributed by atoms with Gasteiger partial charge in [0.2, 0.25) is 5.91 Å². The van der Waals surface area contributed by atoms with Gasteiger partial charge in [0.05, 0.1) is 18.8 Å². The number of likely N-dealkylation sites (N-methyl/N-ethyl adjacent to an activating group) is 1. The molecule has 3 N–H and O–H groups in total. The van der Waals surface area contributed by atoms with Gasteiger partial charge in [-0.05, 0) is 12.6 Å². The molecule has 24 heavy (non-hydrogen) atoms. The number of aliphatic hydroxyl groups is 2. The van der Waals surface area contributed by atoms with Crippen LogP contribution in [-0.2, 0) is 20.8 Å². The first-order valence-electron chi connectivity index (χ1n) is 8.01. The van der Waals surface area contributed by atoms with Gasteiger partial charge >= 0.3 is 0 Å². The molecule has 1 aliphatic rings. The lowest BCUT2D eigenvalue weighted by molar-refractivity contribution is -0.125. The van der Waals surface area contributed by atoms with E-state index >= 15 is 0 Å². The van der Waals surface area contributed by atoms with E-state index in [4.69, 9.17) is 9.47 Å². The Balaban J connectivity index is 2.02. The number of nitrogens with zero attached hydrogens (tertiary/aromatic N) is 1. The van der Waals surface area contributed by atoms with E-state index in [0.29, 0.717) is 6.54 Å². The molecule has 1 aromatic carbocycles. The highest BCUT2D eigenvalue weighted by atomic mass is 16.5. The van der Waals surface area contributed by atoms with Crippen molar-refractivity contribution in [2.45, 2.75) is 30.9 Å². The first kappa shape index (κ1) is 18.8. The van der Waals surface area contributed by atoms with Gasteiger partial charge in [0.1, 0.15) is 18.8 Å². The topological polar surface area (TPSA) is 91.3 Å². The van der Waals surface area contributed by atoms with Gasteiger partial charge in [0.15, 0.2) is 0 Å². The lowest BCUT2D eigenvalue weighted by Gasteiger charge is -2.30. The fraction of sp³-hybridized carbons (Fsp3) is 0.588. The second-order valence-corrected chi connectivity index (χ2v) is 6.01. The number of hydrogen-bond donors (Lipinski definition) is 3. The van der Waals surface area contributed by atoms with Gasteiger partial charge in [-0.25, -0.2) is 0 Å². The van der Waals surface area contributed by atoms with Gasteiger partial charge in [-0.15, -0.1) is 0 Å². The average Bonchev–Trinajstić information content (AvgIpc) is 2.90. The van der Waals surface area contributed by atoms with E-state index in [0.717, 1.165) is 5.56 Å². The second kappa shape index (κ2) is 9.10. The van der Waals surface area contributed by atoms with Crippen molar-refractivity contribution in [1.82, 2.24) is 10.2 Å². The minimum Gasteiger partial charge on any atom is -0.394 e. The quantitative estimate of drug-likeness (QED) is 0.585. The predicted molar refractivity (Wildman–Crippen MR) is 88.3 cm³/mol. The molecule has 1 heterocycles. The molecule has 0 aromatic heterocycles. The Morgan fingerprint density at radius 2 is 2.04 bits per heavy atom. The lowest BCUT2D eigenvalue weighted by atomic mass is 10.0. The number of carbonyl (C=O) groups is 1. The van der Waals surface area contributed by atoms with Crippen LogP contribution in [0.1, 0.15) is 5.56 Å². The molecule has 7 nitrogen and oxygen atoms in total. The molecule has 1 saturated heterocycles. The number of nitrogens with one attached hydrogen (secondary N) is 1. The largest absolute Gasteiger partial charge is 0.394 e. The number of benzene rings is 1. The molecule has 0 saturated carbocycles. The molecular weight excluding hydrogens is 312 g/mol. The highest BCUT2D eigenvalue weighted by Gasteiger charge is 2.45. The van der Waals surface area contributed by atoms with Crippen molar-refractivity contribution in [2.75, 3.05) is 33.9 Å². The second-order valence-electron chi connectivity index (χ2n) is 6.01. The monoisotopic (exact) mass is 338 g/mol. The third kappa shape index (κ3) is 4.75. The van der Waals surface area contributed by atoms with Crippen LogP contribution in [0.2, 0.25) is 0 Å². The molecule has 134 valence electrons. The summed E-state index contributed by atoms with van der Waals surface area (Å²) in [5.41, 5.74) is 1.11. The molecule has 4 atom stereocenters. The third-order valence-electron chi connectivity index (χ3n) is 4.20. The van der Waals surface area contributed by atoms with Gasteiger partial charge in [-0.1, -0.05) is 30.3 Å². The first-order chi connectivity index (χ1) is 11.6. The van der Waals surface area contributed by atoms with Crippen molar-refractivity contribution >= 4 is 5.91 Å². The minimum atomic E-state index is -0.826. The molecule has 1 aromatic rings. The maximum Gasteiger partial charge on any atom is 0.246 e. The van der Waals surface area contributed by atoms with E-state index in [1.165, 1.54) is 7.11 Å². The van der Waals surface area contributed by atoms with Crippen LogP contribution in [0.15, 0.2) is 30.3 Å². The van der Waals surface area contributed by atoms with E-state index < -0.39 is 18.3 Å². The third-order valence-corrected chi connectivity index (χ3v) is 4.20. The summed E-state index contributed by atoms with van der Waals surface area (Å²) in [6.45, 7) is 0.592. The summed E-state index contributed by atoms with van der Waals surface area (Å²) in [7, 11) is 3.35. The normalized spacial score (nSPS) is 26.7. The summed E-state index contributed by atoms with van der Waals surface area (Å²) >= 11 is 0. The fourth-order valence-electron chi connectivity index (χ4n) is 3.06. The maximum absolute atomic E-state index is 11.6. The van der Waals surface area contributed by atoms with Crippen molar-refractivity contribution in [3.05, 3.63) is 35.9 Å². The Morgan fingerprint density at radius 3 is 2.67 bits per heavy atom. The molecule has 1 aliphatic heterocycles. The molecule has 0 unspecified atom stereocenters. The Morgan fingerprint density at radius 1 is 1.33 bits per heavy atom. The van der Waals surface area contributed by atoms with Crippen molar-refractivity contribution < 1.29 is 24.5 Å². The number of carbonyl (C=O) groups excluding carboxylic acids is 1. The van der Waals surface area contributed by atoms with E-state index in [1.54, 1.807) is 0 Å². The SMILES string of the molecule is COCC(=O)NC[C@H]1O[C@@H](CO)[C@@H](O)[C@@H]1N(C)Cc1ccccc1. The van der Waals surface area contributed by atoms with Crippen molar-refractivity contribution in [3.63, 3.8) is 0 Å². The van der Waals surface area contributed by atoms with Crippen molar-refractivity contribution in [1.29, 1.82) is 0 Å². The van der Waals surface area contributed by atoms with Crippen LogP contribution in [-0.4, -0.2) is 79.3 Å². The van der Waals surface area contributed by atoms with E-state index in [-0.39, 0.29) is 31.7 Å². The molecular formula is C17H26N2O5. The van der Waals surface area contributed by atoms with Crippen LogP contribution in [0.3, 0.4) is 0 Å². The summed E-state index contributed by atoms with van der Waals surface area (Å²) < 4.78 is 10.5. The van der Waals surface area contributed by atoms with Crippen LogP contribution in [0, 0.1) is 0 Å². The zero-order valence-corrected chi connectivity index (χ0v) is 14.1.